The highest BCUT2D eigenvalue weighted by atomic mass is 19.1. The monoisotopic (exact) mass is 434 g/mol. The number of H-pyrrole nitrogens is 1. The molecule has 7 nitrogen and oxygen atoms in total. The molecule has 0 spiro atoms. The third-order valence-corrected chi connectivity index (χ3v) is 5.64. The summed E-state index contributed by atoms with van der Waals surface area (Å²) in [6.07, 6.45) is 2.53. The van der Waals surface area contributed by atoms with E-state index >= 15 is 0 Å². The lowest BCUT2D eigenvalue weighted by molar-refractivity contribution is -0.133. The molecule has 0 bridgehead atoms. The minimum absolute atomic E-state index is 0.0244. The van der Waals surface area contributed by atoms with E-state index in [0.29, 0.717) is 41.4 Å². The molecular weight excluding hydrogens is 414 g/mol. The molecule has 0 aliphatic carbocycles. The highest BCUT2D eigenvalue weighted by Gasteiger charge is 2.24. The summed E-state index contributed by atoms with van der Waals surface area (Å²) in [6, 6.07) is 10.5. The molecule has 9 heteroatoms. The first-order chi connectivity index (χ1) is 15.5. The van der Waals surface area contributed by atoms with Crippen molar-refractivity contribution in [1.82, 2.24) is 29.9 Å². The number of nitrogens with one attached hydrogen (secondary N) is 1. The molecule has 0 saturated heterocycles. The van der Waals surface area contributed by atoms with Crippen LogP contribution in [0.25, 0.3) is 22.8 Å². The summed E-state index contributed by atoms with van der Waals surface area (Å²) in [6.45, 7) is 2.69. The smallest absolute Gasteiger partial charge is 0.244 e. The quantitative estimate of drug-likeness (QED) is 0.533. The topological polar surface area (TPSA) is 79.7 Å². The molecule has 1 N–H and O–H groups in total. The van der Waals surface area contributed by atoms with Crippen LogP contribution < -0.4 is 0 Å². The Bertz CT molecular complexity index is 1290. The molecule has 2 aromatic heterocycles. The summed E-state index contributed by atoms with van der Waals surface area (Å²) in [5, 5.41) is 11.5. The van der Waals surface area contributed by atoms with Gasteiger partial charge in [-0.3, -0.25) is 9.89 Å². The molecule has 1 amide bonds. The largest absolute Gasteiger partial charge is 0.335 e. The van der Waals surface area contributed by atoms with E-state index in [0.717, 1.165) is 17.7 Å². The number of carbonyl (C=O) groups excluding carboxylic acids is 1. The molecule has 0 unspecified atom stereocenters. The lowest BCUT2D eigenvalue weighted by Gasteiger charge is -2.26. The standard InChI is InChI=1S/C23H20F2N6O/c1-14-10-16(4-7-19(14)25)22-27-23(15-2-5-18(24)6-3-15)31(29-22)13-21(32)30-9-8-17-11-26-28-20(17)12-30/h2-7,10-11H,8-9,12-13H2,1H3,(H,26,28). The fourth-order valence-corrected chi connectivity index (χ4v) is 3.83. The lowest BCUT2D eigenvalue weighted by atomic mass is 10.1. The van der Waals surface area contributed by atoms with Crippen LogP contribution >= 0.6 is 0 Å². The van der Waals surface area contributed by atoms with Crippen molar-refractivity contribution < 1.29 is 13.6 Å². The Labute approximate surface area is 182 Å². The number of hydrogen-bond donors (Lipinski definition) is 1. The van der Waals surface area contributed by atoms with Gasteiger partial charge in [-0.25, -0.2) is 18.4 Å². The minimum atomic E-state index is -0.367. The molecule has 0 saturated carbocycles. The summed E-state index contributed by atoms with van der Waals surface area (Å²) in [4.78, 5) is 19.4. The number of aryl methyl sites for hydroxylation is 1. The number of aromatic nitrogens is 5. The first-order valence-corrected chi connectivity index (χ1v) is 10.2. The van der Waals surface area contributed by atoms with Crippen molar-refractivity contribution in [2.24, 2.45) is 0 Å². The normalized spacial score (nSPS) is 13.3. The van der Waals surface area contributed by atoms with Gasteiger partial charge in [0.25, 0.3) is 0 Å². The molecule has 4 aromatic rings. The predicted molar refractivity (Wildman–Crippen MR) is 113 cm³/mol. The van der Waals surface area contributed by atoms with Crippen molar-refractivity contribution >= 4 is 5.91 Å². The van der Waals surface area contributed by atoms with Gasteiger partial charge in [-0.15, -0.1) is 5.10 Å². The van der Waals surface area contributed by atoms with Crippen LogP contribution in [0.4, 0.5) is 8.78 Å². The fourth-order valence-electron chi connectivity index (χ4n) is 3.83. The molecule has 5 rings (SSSR count). The van der Waals surface area contributed by atoms with Gasteiger partial charge in [0.2, 0.25) is 5.91 Å². The van der Waals surface area contributed by atoms with Crippen molar-refractivity contribution in [2.75, 3.05) is 6.54 Å². The van der Waals surface area contributed by atoms with Gasteiger partial charge >= 0.3 is 0 Å². The van der Waals surface area contributed by atoms with E-state index in [1.807, 2.05) is 0 Å². The van der Waals surface area contributed by atoms with E-state index in [2.05, 4.69) is 20.3 Å². The summed E-state index contributed by atoms with van der Waals surface area (Å²) < 4.78 is 28.7. The van der Waals surface area contributed by atoms with Gasteiger partial charge < -0.3 is 4.90 Å². The number of benzene rings is 2. The lowest BCUT2D eigenvalue weighted by Crippen LogP contribution is -2.38. The summed E-state index contributed by atoms with van der Waals surface area (Å²) >= 11 is 0. The van der Waals surface area contributed by atoms with Crippen LogP contribution in [0, 0.1) is 18.6 Å². The second kappa shape index (κ2) is 7.99. The molecule has 0 atom stereocenters. The maximum atomic E-state index is 13.7. The average Bonchev–Trinajstić information content (AvgIpc) is 3.43. The van der Waals surface area contributed by atoms with Gasteiger partial charge in [-0.05, 0) is 66.9 Å². The molecular formula is C23H20F2N6O. The fraction of sp³-hybridized carbons (Fsp3) is 0.217. The van der Waals surface area contributed by atoms with Crippen LogP contribution in [-0.4, -0.2) is 42.3 Å². The molecule has 1 aliphatic rings. The predicted octanol–water partition coefficient (Wildman–Crippen LogP) is 3.51. The van der Waals surface area contributed by atoms with Crippen molar-refractivity contribution in [3.05, 3.63) is 77.1 Å². The van der Waals surface area contributed by atoms with Gasteiger partial charge in [0, 0.05) is 17.7 Å². The number of halogens is 2. The van der Waals surface area contributed by atoms with Crippen LogP contribution in [0.3, 0.4) is 0 Å². The summed E-state index contributed by atoms with van der Waals surface area (Å²) in [5.74, 6) is 0.0176. The molecule has 0 radical (unpaired) electrons. The number of amides is 1. The zero-order chi connectivity index (χ0) is 22.2. The SMILES string of the molecule is Cc1cc(-c2nc(-c3ccc(F)cc3)n(CC(=O)N3CCc4cn[nH]c4C3)n2)ccc1F. The Morgan fingerprint density at radius 2 is 1.91 bits per heavy atom. The molecule has 162 valence electrons. The van der Waals surface area contributed by atoms with Gasteiger partial charge in [0.05, 0.1) is 18.4 Å². The Morgan fingerprint density at radius 1 is 1.12 bits per heavy atom. The van der Waals surface area contributed by atoms with Gasteiger partial charge in [0.15, 0.2) is 11.6 Å². The molecule has 2 aromatic carbocycles. The van der Waals surface area contributed by atoms with Crippen molar-refractivity contribution in [3.8, 4) is 22.8 Å². The Hall–Kier alpha value is -3.88. The highest BCUT2D eigenvalue weighted by molar-refractivity contribution is 5.77. The Morgan fingerprint density at radius 3 is 2.69 bits per heavy atom. The number of aromatic amines is 1. The third-order valence-electron chi connectivity index (χ3n) is 5.64. The van der Waals surface area contributed by atoms with E-state index in [4.69, 9.17) is 0 Å². The van der Waals surface area contributed by atoms with Crippen LogP contribution in [0.2, 0.25) is 0 Å². The van der Waals surface area contributed by atoms with Crippen LogP contribution in [-0.2, 0) is 24.3 Å². The number of nitrogens with zero attached hydrogens (tertiary/aromatic N) is 5. The first kappa shape index (κ1) is 20.0. The van der Waals surface area contributed by atoms with Gasteiger partial charge in [-0.2, -0.15) is 5.10 Å². The maximum absolute atomic E-state index is 13.7. The first-order valence-electron chi connectivity index (χ1n) is 10.2. The van der Waals surface area contributed by atoms with Crippen LogP contribution in [0.5, 0.6) is 0 Å². The highest BCUT2D eigenvalue weighted by Crippen LogP contribution is 2.25. The Kier molecular flexibility index (Phi) is 5.01. The van der Waals surface area contributed by atoms with Gasteiger partial charge in [-0.1, -0.05) is 0 Å². The zero-order valence-corrected chi connectivity index (χ0v) is 17.3. The number of fused-ring (bicyclic) bond motifs is 1. The third kappa shape index (κ3) is 3.77. The second-order valence-electron chi connectivity index (χ2n) is 7.83. The maximum Gasteiger partial charge on any atom is 0.244 e. The average molecular weight is 434 g/mol. The summed E-state index contributed by atoms with van der Waals surface area (Å²) in [5.41, 5.74) is 3.80. The molecule has 32 heavy (non-hydrogen) atoms. The number of carbonyl (C=O) groups is 1. The van der Waals surface area contributed by atoms with Gasteiger partial charge in [0.1, 0.15) is 18.2 Å². The molecule has 0 fully saturated rings. The van der Waals surface area contributed by atoms with Crippen LogP contribution in [0.1, 0.15) is 16.8 Å². The number of hydrogen-bond acceptors (Lipinski definition) is 4. The van der Waals surface area contributed by atoms with Crippen molar-refractivity contribution in [1.29, 1.82) is 0 Å². The second-order valence-corrected chi connectivity index (χ2v) is 7.83. The zero-order valence-electron chi connectivity index (χ0n) is 17.3. The molecule has 3 heterocycles. The summed E-state index contributed by atoms with van der Waals surface area (Å²) in [7, 11) is 0. The van der Waals surface area contributed by atoms with E-state index in [1.54, 1.807) is 42.3 Å². The van der Waals surface area contributed by atoms with E-state index < -0.39 is 0 Å². The van der Waals surface area contributed by atoms with E-state index in [9.17, 15) is 13.6 Å². The van der Waals surface area contributed by atoms with Crippen LogP contribution in [0.15, 0.2) is 48.7 Å². The van der Waals surface area contributed by atoms with E-state index in [1.165, 1.54) is 22.9 Å². The number of rotatable bonds is 4. The van der Waals surface area contributed by atoms with Crippen molar-refractivity contribution in [2.45, 2.75) is 26.4 Å². The van der Waals surface area contributed by atoms with Crippen molar-refractivity contribution in [3.63, 3.8) is 0 Å². The molecule has 1 aliphatic heterocycles. The Balaban J connectivity index is 1.48. The minimum Gasteiger partial charge on any atom is -0.335 e. The van der Waals surface area contributed by atoms with E-state index in [-0.39, 0.29) is 24.1 Å².